The van der Waals surface area contributed by atoms with E-state index in [-0.39, 0.29) is 30.9 Å². The highest BCUT2D eigenvalue weighted by Crippen LogP contribution is 2.41. The van der Waals surface area contributed by atoms with E-state index in [1.165, 1.54) is 0 Å². The predicted molar refractivity (Wildman–Crippen MR) is 236 cm³/mol. The molecule has 0 bridgehead atoms. The molecule has 0 saturated carbocycles. The summed E-state index contributed by atoms with van der Waals surface area (Å²) in [5.41, 5.74) is -6.19. The van der Waals surface area contributed by atoms with Crippen molar-refractivity contribution in [3.63, 3.8) is 0 Å². The van der Waals surface area contributed by atoms with Crippen LogP contribution in [0, 0.1) is 0 Å². The van der Waals surface area contributed by atoms with Crippen molar-refractivity contribution in [1.82, 2.24) is 19.5 Å². The smallest absolute Gasteiger partial charge is 0.164 e. The molecule has 0 N–H and O–H groups in total. The standard InChI is InChI=1S/C51H30N4OS/c1-3-11-31(12-4-1)49-52-50(32-13-5-2-6-14-32)54-51(53-49)35-21-24-40-39-23-19-33(27-45(39)56-46(40)28-35)34-20-25-41-42-26-22-36(30-48(42)57-47(41)29-34)55-43-17-9-7-15-37(43)38-16-8-10-18-44(38)55/h1-30H/i1D,2D,3D,4D,5D,6D,7D,8D,9D,10D,11D,12D,13D,14D,15D,16D,17D,18D,19D,20D,21D,22D,23D,24D,25D,26D,27D,28D,29D,30D. The van der Waals surface area contributed by atoms with E-state index >= 15 is 0 Å². The summed E-state index contributed by atoms with van der Waals surface area (Å²) in [7, 11) is 0. The van der Waals surface area contributed by atoms with Crippen molar-refractivity contribution in [3.8, 4) is 51.0 Å². The first-order valence-electron chi connectivity index (χ1n) is 31.6. The van der Waals surface area contributed by atoms with Crippen molar-refractivity contribution in [2.75, 3.05) is 0 Å². The maximum Gasteiger partial charge on any atom is 0.164 e. The van der Waals surface area contributed by atoms with Gasteiger partial charge < -0.3 is 8.98 Å². The van der Waals surface area contributed by atoms with E-state index in [9.17, 15) is 16.4 Å². The first kappa shape index (κ1) is 14.3. The number of para-hydroxylation sites is 2. The van der Waals surface area contributed by atoms with Crippen molar-refractivity contribution < 1.29 is 45.5 Å². The summed E-state index contributed by atoms with van der Waals surface area (Å²) in [5, 5.41) is -2.36. The quantitative estimate of drug-likeness (QED) is 0.175. The molecule has 0 amide bonds. The monoisotopic (exact) mass is 776 g/mol. The molecule has 4 heterocycles. The van der Waals surface area contributed by atoms with Gasteiger partial charge >= 0.3 is 0 Å². The molecule has 0 atom stereocenters. The molecule has 8 aromatic carbocycles. The fourth-order valence-corrected chi connectivity index (χ4v) is 7.33. The molecule has 266 valence electrons. The van der Waals surface area contributed by atoms with Crippen LogP contribution in [0.15, 0.2) is 186 Å². The van der Waals surface area contributed by atoms with E-state index in [1.54, 1.807) is 0 Å². The summed E-state index contributed by atoms with van der Waals surface area (Å²) in [6.45, 7) is 0. The molecule has 57 heavy (non-hydrogen) atoms. The largest absolute Gasteiger partial charge is 0.456 e. The fraction of sp³-hybridized carbons (Fsp3) is 0. The van der Waals surface area contributed by atoms with Gasteiger partial charge in [0.1, 0.15) is 11.2 Å². The van der Waals surface area contributed by atoms with Crippen molar-refractivity contribution in [2.45, 2.75) is 0 Å². The lowest BCUT2D eigenvalue weighted by atomic mass is 10.0. The summed E-state index contributed by atoms with van der Waals surface area (Å²) in [6.07, 6.45) is 0. The second-order valence-corrected chi connectivity index (χ2v) is 13.1. The van der Waals surface area contributed by atoms with Crippen LogP contribution in [0.3, 0.4) is 0 Å². The van der Waals surface area contributed by atoms with E-state index in [1.807, 2.05) is 0 Å². The molecule has 0 saturated heterocycles. The van der Waals surface area contributed by atoms with Gasteiger partial charge in [-0.2, -0.15) is 0 Å². The Morgan fingerprint density at radius 3 is 1.46 bits per heavy atom. The zero-order chi connectivity index (χ0) is 63.6. The Kier molecular flexibility index (Phi) is 3.14. The number of benzene rings is 8. The van der Waals surface area contributed by atoms with Gasteiger partial charge in [-0.05, 0) is 65.5 Å². The van der Waals surface area contributed by atoms with Crippen LogP contribution >= 0.6 is 11.3 Å². The number of aromatic nitrogens is 4. The second-order valence-electron chi connectivity index (χ2n) is 12.1. The van der Waals surface area contributed by atoms with E-state index in [0.29, 0.717) is 11.3 Å². The maximum atomic E-state index is 9.64. The molecule has 0 fully saturated rings. The molecular formula is C51H30N4OS. The molecule has 0 aliphatic carbocycles. The molecule has 12 aromatic rings. The van der Waals surface area contributed by atoms with Gasteiger partial charge in [-0.1, -0.05) is 127 Å². The molecule has 0 aliphatic rings. The minimum absolute atomic E-state index is 0.241. The van der Waals surface area contributed by atoms with Gasteiger partial charge in [0.2, 0.25) is 0 Å². The SMILES string of the molecule is [2H]c1c([2H])c([2H])c(-c2nc(-c3c([2H])c([2H])c([2H])c([2H])c3[2H])nc(-c3c([2H])c([2H])c4c(oc5c([2H])c(-c6c([2H])c([2H])c7c(sc8c([2H])c(-n9c%10c([2H])c([2H])c([2H])c([2H])c%10c%10c([2H])c([2H])c([2H])c([2H])c%109)c([2H])c([2H])c87)c6[2H])c([2H])c([2H])c54)c3[2H])n2)c([2H])c1[2H]. The highest BCUT2D eigenvalue weighted by molar-refractivity contribution is 7.25. The first-order chi connectivity index (χ1) is 40.7. The van der Waals surface area contributed by atoms with Crippen LogP contribution < -0.4 is 0 Å². The van der Waals surface area contributed by atoms with E-state index in [4.69, 9.17) is 29.1 Å². The van der Waals surface area contributed by atoms with Crippen molar-refractivity contribution in [3.05, 3.63) is 181 Å². The second kappa shape index (κ2) is 12.6. The van der Waals surface area contributed by atoms with Crippen LogP contribution in [0.5, 0.6) is 0 Å². The normalized spacial score (nSPS) is 19.2. The predicted octanol–water partition coefficient (Wildman–Crippen LogP) is 13.9. The van der Waals surface area contributed by atoms with Gasteiger partial charge in [0.15, 0.2) is 17.5 Å². The highest BCUT2D eigenvalue weighted by atomic mass is 32.1. The summed E-state index contributed by atoms with van der Waals surface area (Å²) < 4.78 is 273. The molecule has 0 radical (unpaired) electrons. The van der Waals surface area contributed by atoms with Crippen LogP contribution in [0.2, 0.25) is 0 Å². The topological polar surface area (TPSA) is 56.7 Å². The molecular weight excluding hydrogens is 717 g/mol. The minimum atomic E-state index is -0.911. The Balaban J connectivity index is 1.11. The third-order valence-electron chi connectivity index (χ3n) is 8.82. The molecule has 4 aromatic heterocycles. The Morgan fingerprint density at radius 1 is 0.386 bits per heavy atom. The number of furan rings is 1. The summed E-state index contributed by atoms with van der Waals surface area (Å²) in [5.74, 6) is -2.32. The van der Waals surface area contributed by atoms with E-state index in [0.717, 1.165) is 4.57 Å². The lowest BCUT2D eigenvalue weighted by molar-refractivity contribution is 0.669. The summed E-state index contributed by atoms with van der Waals surface area (Å²) in [4.78, 5) is 12.7. The van der Waals surface area contributed by atoms with Gasteiger partial charge in [0, 0.05) is 64.1 Å². The van der Waals surface area contributed by atoms with Gasteiger partial charge in [0.25, 0.3) is 0 Å². The van der Waals surface area contributed by atoms with Gasteiger partial charge in [-0.15, -0.1) is 11.3 Å². The van der Waals surface area contributed by atoms with Crippen LogP contribution in [-0.2, 0) is 0 Å². The van der Waals surface area contributed by atoms with Crippen LogP contribution in [0.1, 0.15) is 41.1 Å². The molecule has 0 unspecified atom stereocenters. The lowest BCUT2D eigenvalue weighted by Crippen LogP contribution is -2.00. The third kappa shape index (κ3) is 5.19. The number of nitrogens with zero attached hydrogens (tertiary/aromatic N) is 4. The van der Waals surface area contributed by atoms with E-state index < -0.39 is 265 Å². The lowest BCUT2D eigenvalue weighted by Gasteiger charge is -2.08. The Labute approximate surface area is 372 Å². The number of hydrogen-bond acceptors (Lipinski definition) is 5. The molecule has 0 aliphatic heterocycles. The van der Waals surface area contributed by atoms with Gasteiger partial charge in [0.05, 0.1) is 52.2 Å². The molecule has 0 spiro atoms. The average molecular weight is 777 g/mol. The minimum Gasteiger partial charge on any atom is -0.456 e. The van der Waals surface area contributed by atoms with Crippen LogP contribution in [0.4, 0.5) is 0 Å². The summed E-state index contributed by atoms with van der Waals surface area (Å²) in [6, 6.07) is -24.3. The van der Waals surface area contributed by atoms with Crippen molar-refractivity contribution >= 4 is 75.3 Å². The van der Waals surface area contributed by atoms with Crippen molar-refractivity contribution in [2.24, 2.45) is 0 Å². The van der Waals surface area contributed by atoms with Crippen LogP contribution in [0.25, 0.3) is 115 Å². The van der Waals surface area contributed by atoms with E-state index in [2.05, 4.69) is 15.0 Å². The highest BCUT2D eigenvalue weighted by Gasteiger charge is 2.17. The maximum absolute atomic E-state index is 9.64. The van der Waals surface area contributed by atoms with Crippen LogP contribution in [-0.4, -0.2) is 19.5 Å². The first-order valence-corrected chi connectivity index (χ1v) is 17.4. The zero-order valence-electron chi connectivity index (χ0n) is 58.1. The Morgan fingerprint density at radius 2 is 0.842 bits per heavy atom. The zero-order valence-corrected chi connectivity index (χ0v) is 28.9. The molecule has 12 rings (SSSR count). The summed E-state index contributed by atoms with van der Waals surface area (Å²) >= 11 is 0.580. The number of hydrogen-bond donors (Lipinski definition) is 0. The van der Waals surface area contributed by atoms with Gasteiger partial charge in [-0.3, -0.25) is 0 Å². The number of fused-ring (bicyclic) bond motifs is 9. The molecule has 5 nitrogen and oxygen atoms in total. The third-order valence-corrected chi connectivity index (χ3v) is 9.84. The Bertz CT molecular complexity index is 5080. The number of thiophene rings is 1. The molecule has 6 heteroatoms. The average Bonchev–Trinajstić information content (AvgIpc) is 1.60. The van der Waals surface area contributed by atoms with Gasteiger partial charge in [-0.25, -0.2) is 15.0 Å². The Hall–Kier alpha value is -7.41. The fourth-order valence-electron chi connectivity index (χ4n) is 6.31. The number of rotatable bonds is 5. The van der Waals surface area contributed by atoms with Crippen molar-refractivity contribution in [1.29, 1.82) is 0 Å².